The van der Waals surface area contributed by atoms with E-state index in [1.165, 1.54) is 0 Å². The van der Waals surface area contributed by atoms with Crippen molar-refractivity contribution in [1.29, 1.82) is 0 Å². The van der Waals surface area contributed by atoms with E-state index in [2.05, 4.69) is 26.2 Å². The molecule has 5 nitrogen and oxygen atoms in total. The molecule has 0 fully saturated rings. The van der Waals surface area contributed by atoms with E-state index in [0.29, 0.717) is 22.5 Å². The Morgan fingerprint density at radius 1 is 1.03 bits per heavy atom. The van der Waals surface area contributed by atoms with Crippen molar-refractivity contribution >= 4 is 50.0 Å². The first-order valence-electron chi connectivity index (χ1n) is 8.79. The summed E-state index contributed by atoms with van der Waals surface area (Å²) in [5.74, 6) is -0.531. The molecule has 0 radical (unpaired) electrons. The van der Waals surface area contributed by atoms with Gasteiger partial charge in [-0.15, -0.1) is 10.2 Å². The summed E-state index contributed by atoms with van der Waals surface area (Å²) in [4.78, 5) is 12.3. The van der Waals surface area contributed by atoms with E-state index in [1.807, 2.05) is 36.4 Å². The van der Waals surface area contributed by atoms with Crippen molar-refractivity contribution in [2.75, 3.05) is 0 Å². The van der Waals surface area contributed by atoms with Crippen LogP contribution in [0.25, 0.3) is 10.9 Å². The van der Waals surface area contributed by atoms with Gasteiger partial charge in [0.2, 0.25) is 5.88 Å². The molecule has 0 bridgehead atoms. The number of fused-ring (bicyclic) bond motifs is 1. The van der Waals surface area contributed by atoms with Gasteiger partial charge in [0.15, 0.2) is 5.69 Å². The molecule has 4 rings (SSSR count). The van der Waals surface area contributed by atoms with Gasteiger partial charge in [-0.25, -0.2) is 0 Å². The predicted octanol–water partition coefficient (Wildman–Crippen LogP) is 6.74. The third-order valence-corrected chi connectivity index (χ3v) is 5.23. The molecule has 1 aromatic heterocycles. The molecule has 29 heavy (non-hydrogen) atoms. The van der Waals surface area contributed by atoms with Crippen LogP contribution in [0.3, 0.4) is 0 Å². The van der Waals surface area contributed by atoms with Crippen LogP contribution in [0.4, 0.5) is 5.69 Å². The highest BCUT2D eigenvalue weighted by atomic mass is 79.9. The SMILES string of the molecule is O=C(N=Nc1c(O)n(Cc2ccc(Cl)cc2)c2ccc(Br)cc12)c1ccccc1. The van der Waals surface area contributed by atoms with Crippen molar-refractivity contribution in [2.24, 2.45) is 10.2 Å². The van der Waals surface area contributed by atoms with Crippen molar-refractivity contribution in [3.8, 4) is 5.88 Å². The molecule has 144 valence electrons. The second-order valence-electron chi connectivity index (χ2n) is 6.42. The highest BCUT2D eigenvalue weighted by molar-refractivity contribution is 9.10. The normalized spacial score (nSPS) is 11.4. The van der Waals surface area contributed by atoms with Crippen molar-refractivity contribution in [2.45, 2.75) is 6.54 Å². The van der Waals surface area contributed by atoms with E-state index in [0.717, 1.165) is 15.6 Å². The van der Waals surface area contributed by atoms with Gasteiger partial charge < -0.3 is 9.67 Å². The number of rotatable bonds is 4. The average molecular weight is 469 g/mol. The van der Waals surface area contributed by atoms with Gasteiger partial charge >= 0.3 is 0 Å². The Balaban J connectivity index is 1.76. The number of nitrogens with zero attached hydrogens (tertiary/aromatic N) is 3. The summed E-state index contributed by atoms with van der Waals surface area (Å²) in [7, 11) is 0. The van der Waals surface area contributed by atoms with Crippen LogP contribution in [0, 0.1) is 0 Å². The molecule has 0 unspecified atom stereocenters. The fourth-order valence-electron chi connectivity index (χ4n) is 3.06. The standard InChI is InChI=1S/C22H15BrClN3O2/c23-16-8-11-19-18(12-16)20(25-26-21(28)15-4-2-1-3-5-15)22(29)27(19)13-14-6-9-17(24)10-7-14/h1-12,29H,13H2. The minimum Gasteiger partial charge on any atom is -0.493 e. The zero-order valence-corrected chi connectivity index (χ0v) is 17.4. The van der Waals surface area contributed by atoms with Gasteiger partial charge in [-0.3, -0.25) is 4.79 Å². The molecule has 4 aromatic rings. The Kier molecular flexibility index (Phi) is 5.47. The topological polar surface area (TPSA) is 66.9 Å². The molecule has 0 saturated heterocycles. The fourth-order valence-corrected chi connectivity index (χ4v) is 3.55. The largest absolute Gasteiger partial charge is 0.493 e. The number of aromatic nitrogens is 1. The third-order valence-electron chi connectivity index (χ3n) is 4.49. The molecule has 0 atom stereocenters. The Morgan fingerprint density at radius 2 is 1.76 bits per heavy atom. The lowest BCUT2D eigenvalue weighted by Gasteiger charge is -2.07. The van der Waals surface area contributed by atoms with Gasteiger partial charge in [0.05, 0.1) is 12.1 Å². The van der Waals surface area contributed by atoms with E-state index in [1.54, 1.807) is 41.0 Å². The quantitative estimate of drug-likeness (QED) is 0.337. The molecule has 0 spiro atoms. The summed E-state index contributed by atoms with van der Waals surface area (Å²) in [6, 6.07) is 21.7. The number of halogens is 2. The van der Waals surface area contributed by atoms with Gasteiger partial charge in [0, 0.05) is 20.4 Å². The number of hydrogen-bond acceptors (Lipinski definition) is 3. The Bertz CT molecular complexity index is 1220. The molecule has 7 heteroatoms. The molecule has 1 amide bonds. The Morgan fingerprint density at radius 3 is 2.48 bits per heavy atom. The van der Waals surface area contributed by atoms with Gasteiger partial charge in [0.1, 0.15) is 0 Å². The van der Waals surface area contributed by atoms with Crippen LogP contribution in [0.2, 0.25) is 5.02 Å². The van der Waals surface area contributed by atoms with E-state index < -0.39 is 5.91 Å². The summed E-state index contributed by atoms with van der Waals surface area (Å²) in [6.07, 6.45) is 0. The van der Waals surface area contributed by atoms with Crippen molar-refractivity contribution in [3.63, 3.8) is 0 Å². The van der Waals surface area contributed by atoms with Crippen LogP contribution in [0.5, 0.6) is 5.88 Å². The van der Waals surface area contributed by atoms with Crippen LogP contribution in [-0.2, 0) is 6.54 Å². The summed E-state index contributed by atoms with van der Waals surface area (Å²) >= 11 is 9.41. The highest BCUT2D eigenvalue weighted by Gasteiger charge is 2.18. The minimum atomic E-state index is -0.474. The van der Waals surface area contributed by atoms with Crippen molar-refractivity contribution in [3.05, 3.63) is 93.4 Å². The molecule has 0 aliphatic carbocycles. The average Bonchev–Trinajstić information content (AvgIpc) is 2.99. The number of carbonyl (C=O) groups excluding carboxylic acids is 1. The molecule has 1 heterocycles. The number of aromatic hydroxyl groups is 1. The fraction of sp³-hybridized carbons (Fsp3) is 0.0455. The van der Waals surface area contributed by atoms with E-state index in [4.69, 9.17) is 11.6 Å². The molecule has 0 saturated carbocycles. The van der Waals surface area contributed by atoms with Crippen LogP contribution in [-0.4, -0.2) is 15.6 Å². The first kappa shape index (κ1) is 19.4. The van der Waals surface area contributed by atoms with Gasteiger partial charge in [0.25, 0.3) is 5.91 Å². The molecular formula is C22H15BrClN3O2. The zero-order valence-electron chi connectivity index (χ0n) is 15.1. The molecule has 0 aliphatic heterocycles. The van der Waals surface area contributed by atoms with Crippen LogP contribution in [0.15, 0.2) is 87.5 Å². The molecule has 3 aromatic carbocycles. The lowest BCUT2D eigenvalue weighted by Crippen LogP contribution is -1.98. The highest BCUT2D eigenvalue weighted by Crippen LogP contribution is 2.40. The summed E-state index contributed by atoms with van der Waals surface area (Å²) in [5, 5.41) is 20.1. The Labute approximate surface area is 180 Å². The van der Waals surface area contributed by atoms with Crippen LogP contribution < -0.4 is 0 Å². The van der Waals surface area contributed by atoms with E-state index in [9.17, 15) is 9.90 Å². The van der Waals surface area contributed by atoms with E-state index >= 15 is 0 Å². The second kappa shape index (κ2) is 8.19. The summed E-state index contributed by atoms with van der Waals surface area (Å²) in [5.41, 5.74) is 2.43. The second-order valence-corrected chi connectivity index (χ2v) is 7.77. The minimum absolute atomic E-state index is 0.0577. The number of carbonyl (C=O) groups is 1. The maximum absolute atomic E-state index is 12.3. The smallest absolute Gasteiger partial charge is 0.295 e. The Hall–Kier alpha value is -2.96. The van der Waals surface area contributed by atoms with Crippen molar-refractivity contribution < 1.29 is 9.90 Å². The lowest BCUT2D eigenvalue weighted by molar-refractivity contribution is 0.0995. The maximum Gasteiger partial charge on any atom is 0.295 e. The van der Waals surface area contributed by atoms with Gasteiger partial charge in [-0.2, -0.15) is 0 Å². The lowest BCUT2D eigenvalue weighted by atomic mass is 10.2. The summed E-state index contributed by atoms with van der Waals surface area (Å²) < 4.78 is 2.56. The number of azo groups is 1. The maximum atomic E-state index is 12.3. The number of amides is 1. The monoisotopic (exact) mass is 467 g/mol. The van der Waals surface area contributed by atoms with Gasteiger partial charge in [-0.1, -0.05) is 57.9 Å². The van der Waals surface area contributed by atoms with E-state index in [-0.39, 0.29) is 11.6 Å². The van der Waals surface area contributed by atoms with Gasteiger partial charge in [-0.05, 0) is 48.0 Å². The van der Waals surface area contributed by atoms with Crippen LogP contribution in [0.1, 0.15) is 15.9 Å². The predicted molar refractivity (Wildman–Crippen MR) is 117 cm³/mol. The third kappa shape index (κ3) is 4.09. The van der Waals surface area contributed by atoms with Crippen LogP contribution >= 0.6 is 27.5 Å². The summed E-state index contributed by atoms with van der Waals surface area (Å²) in [6.45, 7) is 0.420. The molecule has 1 N–H and O–H groups in total. The first-order chi connectivity index (χ1) is 14.0. The zero-order chi connectivity index (χ0) is 20.4. The molecular weight excluding hydrogens is 454 g/mol. The first-order valence-corrected chi connectivity index (χ1v) is 9.96. The molecule has 0 aliphatic rings. The number of benzene rings is 3. The number of hydrogen-bond donors (Lipinski definition) is 1. The van der Waals surface area contributed by atoms with Crippen molar-refractivity contribution in [1.82, 2.24) is 4.57 Å².